The molecule has 1 fully saturated rings. The molecule has 1 atom stereocenters. The van der Waals surface area contributed by atoms with Crippen LogP contribution in [0.15, 0.2) is 30.3 Å². The lowest BCUT2D eigenvalue weighted by Crippen LogP contribution is -2.46. The van der Waals surface area contributed by atoms with Crippen LogP contribution in [0.1, 0.15) is 44.2 Å². The lowest BCUT2D eigenvalue weighted by atomic mass is 10.00. The molecule has 1 heterocycles. The maximum absolute atomic E-state index is 12.8. The van der Waals surface area contributed by atoms with E-state index in [0.717, 1.165) is 24.8 Å². The molecule has 0 spiro atoms. The fraction of sp³-hybridized carbons (Fsp3) is 0.526. The summed E-state index contributed by atoms with van der Waals surface area (Å²) in [5.74, 6) is -0.242. The van der Waals surface area contributed by atoms with E-state index in [2.05, 4.69) is 16.0 Å². The molecule has 1 aliphatic rings. The average molecular weight is 360 g/mol. The largest absolute Gasteiger partial charge is 0.356 e. The van der Waals surface area contributed by atoms with Crippen molar-refractivity contribution in [1.29, 1.82) is 0 Å². The summed E-state index contributed by atoms with van der Waals surface area (Å²) in [4.78, 5) is 38.4. The molecule has 26 heavy (non-hydrogen) atoms. The smallest absolute Gasteiger partial charge is 0.315 e. The summed E-state index contributed by atoms with van der Waals surface area (Å²) in [5, 5.41) is 8.12. The van der Waals surface area contributed by atoms with Crippen molar-refractivity contribution >= 4 is 17.8 Å². The van der Waals surface area contributed by atoms with Crippen molar-refractivity contribution in [2.24, 2.45) is 0 Å². The summed E-state index contributed by atoms with van der Waals surface area (Å²) in [5.41, 5.74) is 0.926. The second-order valence-electron chi connectivity index (χ2n) is 6.34. The van der Waals surface area contributed by atoms with Crippen LogP contribution < -0.4 is 16.0 Å². The number of nitrogens with zero attached hydrogens (tertiary/aromatic N) is 1. The van der Waals surface area contributed by atoms with Crippen molar-refractivity contribution in [3.8, 4) is 0 Å². The van der Waals surface area contributed by atoms with Gasteiger partial charge in [-0.3, -0.25) is 9.59 Å². The molecule has 0 aliphatic carbocycles. The molecule has 0 bridgehead atoms. The lowest BCUT2D eigenvalue weighted by molar-refractivity contribution is -0.134. The van der Waals surface area contributed by atoms with Crippen LogP contribution in [0.2, 0.25) is 0 Å². The Labute approximate surface area is 154 Å². The molecule has 0 aromatic heterocycles. The monoisotopic (exact) mass is 360 g/mol. The zero-order valence-electron chi connectivity index (χ0n) is 15.3. The maximum Gasteiger partial charge on any atom is 0.315 e. The summed E-state index contributed by atoms with van der Waals surface area (Å²) in [6, 6.07) is 8.88. The molecule has 1 aliphatic heterocycles. The second-order valence-corrected chi connectivity index (χ2v) is 6.34. The highest BCUT2D eigenvalue weighted by Gasteiger charge is 2.27. The zero-order chi connectivity index (χ0) is 18.8. The standard InChI is InChI=1S/C19H28N4O3/c1-2-20-19(26)22-14-18(25)23-12-8-4-7-11-21-17(24)13-16(23)15-9-5-3-6-10-15/h3,5-6,9-10,16H,2,4,7-8,11-14H2,1H3,(H,21,24)(H2,20,22,26). The molecule has 2 rings (SSSR count). The second kappa shape index (κ2) is 10.4. The molecule has 4 amide bonds. The Morgan fingerprint density at radius 3 is 2.65 bits per heavy atom. The zero-order valence-corrected chi connectivity index (χ0v) is 15.3. The van der Waals surface area contributed by atoms with Crippen LogP contribution in [-0.2, 0) is 9.59 Å². The number of hydrogen-bond donors (Lipinski definition) is 3. The SMILES string of the molecule is CCNC(=O)NCC(=O)N1CCCCCNC(=O)CC1c1ccccc1. The Morgan fingerprint density at radius 1 is 1.15 bits per heavy atom. The van der Waals surface area contributed by atoms with Gasteiger partial charge in [0.05, 0.1) is 19.0 Å². The number of urea groups is 1. The first-order valence-corrected chi connectivity index (χ1v) is 9.24. The number of amides is 4. The molecule has 7 heteroatoms. The Morgan fingerprint density at radius 2 is 1.92 bits per heavy atom. The molecule has 1 unspecified atom stereocenters. The van der Waals surface area contributed by atoms with E-state index < -0.39 is 0 Å². The number of carbonyl (C=O) groups is 3. The summed E-state index contributed by atoms with van der Waals surface area (Å²) < 4.78 is 0. The third-order valence-corrected chi connectivity index (χ3v) is 4.40. The number of hydrogen-bond acceptors (Lipinski definition) is 3. The minimum atomic E-state index is -0.365. The molecule has 1 saturated heterocycles. The number of nitrogens with one attached hydrogen (secondary N) is 3. The maximum atomic E-state index is 12.8. The van der Waals surface area contributed by atoms with Gasteiger partial charge in [-0.25, -0.2) is 4.79 Å². The predicted molar refractivity (Wildman–Crippen MR) is 99.4 cm³/mol. The quantitative estimate of drug-likeness (QED) is 0.761. The highest BCUT2D eigenvalue weighted by atomic mass is 16.2. The van der Waals surface area contributed by atoms with Crippen LogP contribution in [-0.4, -0.2) is 48.9 Å². The minimum absolute atomic E-state index is 0.0600. The summed E-state index contributed by atoms with van der Waals surface area (Å²) >= 11 is 0. The summed E-state index contributed by atoms with van der Waals surface area (Å²) in [6.45, 7) is 3.47. The Balaban J connectivity index is 2.17. The minimum Gasteiger partial charge on any atom is -0.356 e. The normalized spacial score (nSPS) is 18.6. The van der Waals surface area contributed by atoms with Crippen molar-refractivity contribution in [1.82, 2.24) is 20.9 Å². The van der Waals surface area contributed by atoms with E-state index in [1.807, 2.05) is 37.3 Å². The van der Waals surface area contributed by atoms with Gasteiger partial charge >= 0.3 is 6.03 Å². The van der Waals surface area contributed by atoms with Gasteiger partial charge in [-0.05, 0) is 31.7 Å². The number of carbonyl (C=O) groups excluding carboxylic acids is 3. The molecule has 7 nitrogen and oxygen atoms in total. The molecular weight excluding hydrogens is 332 g/mol. The van der Waals surface area contributed by atoms with Crippen LogP contribution >= 0.6 is 0 Å². The lowest BCUT2D eigenvalue weighted by Gasteiger charge is -2.33. The molecule has 142 valence electrons. The summed E-state index contributed by atoms with van der Waals surface area (Å²) in [7, 11) is 0. The Bertz CT molecular complexity index is 606. The van der Waals surface area contributed by atoms with E-state index in [-0.39, 0.29) is 36.9 Å². The highest BCUT2D eigenvalue weighted by Crippen LogP contribution is 2.25. The van der Waals surface area contributed by atoms with Crippen molar-refractivity contribution in [2.75, 3.05) is 26.2 Å². The van der Waals surface area contributed by atoms with Crippen LogP contribution in [0.3, 0.4) is 0 Å². The van der Waals surface area contributed by atoms with Crippen LogP contribution in [0.5, 0.6) is 0 Å². The van der Waals surface area contributed by atoms with E-state index in [1.54, 1.807) is 4.90 Å². The number of benzene rings is 1. The predicted octanol–water partition coefficient (Wildman–Crippen LogP) is 1.57. The van der Waals surface area contributed by atoms with E-state index in [9.17, 15) is 14.4 Å². The Kier molecular flexibility index (Phi) is 7.92. The van der Waals surface area contributed by atoms with Crippen molar-refractivity contribution in [3.05, 3.63) is 35.9 Å². The molecule has 1 aromatic rings. The van der Waals surface area contributed by atoms with Gasteiger partial charge in [0.25, 0.3) is 0 Å². The van der Waals surface area contributed by atoms with Crippen molar-refractivity contribution < 1.29 is 14.4 Å². The fourth-order valence-corrected chi connectivity index (χ4v) is 3.08. The van der Waals surface area contributed by atoms with Gasteiger partial charge in [0.15, 0.2) is 0 Å². The van der Waals surface area contributed by atoms with Crippen LogP contribution in [0.4, 0.5) is 4.79 Å². The third-order valence-electron chi connectivity index (χ3n) is 4.40. The van der Waals surface area contributed by atoms with Gasteiger partial charge in [-0.2, -0.15) is 0 Å². The van der Waals surface area contributed by atoms with Gasteiger partial charge in [0.1, 0.15) is 0 Å². The van der Waals surface area contributed by atoms with Crippen molar-refractivity contribution in [3.63, 3.8) is 0 Å². The molecular formula is C19H28N4O3. The van der Waals surface area contributed by atoms with Crippen molar-refractivity contribution in [2.45, 2.75) is 38.6 Å². The average Bonchev–Trinajstić information content (AvgIpc) is 2.65. The van der Waals surface area contributed by atoms with E-state index in [4.69, 9.17) is 0 Å². The third kappa shape index (κ3) is 6.06. The molecule has 0 radical (unpaired) electrons. The van der Waals surface area contributed by atoms with Gasteiger partial charge in [-0.15, -0.1) is 0 Å². The molecule has 1 aromatic carbocycles. The fourth-order valence-electron chi connectivity index (χ4n) is 3.08. The highest BCUT2D eigenvalue weighted by molar-refractivity contribution is 5.85. The van der Waals surface area contributed by atoms with E-state index in [1.165, 1.54) is 0 Å². The first kappa shape index (κ1) is 19.8. The molecule has 3 N–H and O–H groups in total. The topological polar surface area (TPSA) is 90.5 Å². The van der Waals surface area contributed by atoms with Gasteiger partial charge < -0.3 is 20.9 Å². The van der Waals surface area contributed by atoms with Gasteiger partial charge in [0.2, 0.25) is 11.8 Å². The van der Waals surface area contributed by atoms with E-state index >= 15 is 0 Å². The van der Waals surface area contributed by atoms with E-state index in [0.29, 0.717) is 19.6 Å². The van der Waals surface area contributed by atoms with Crippen LogP contribution in [0, 0.1) is 0 Å². The summed E-state index contributed by atoms with van der Waals surface area (Å²) in [6.07, 6.45) is 2.93. The Hall–Kier alpha value is -2.57. The van der Waals surface area contributed by atoms with Crippen LogP contribution in [0.25, 0.3) is 0 Å². The molecule has 0 saturated carbocycles. The number of rotatable bonds is 4. The first-order chi connectivity index (χ1) is 12.6. The van der Waals surface area contributed by atoms with Gasteiger partial charge in [0, 0.05) is 19.6 Å². The first-order valence-electron chi connectivity index (χ1n) is 9.24. The van der Waals surface area contributed by atoms with Gasteiger partial charge in [-0.1, -0.05) is 30.3 Å².